The fraction of sp³-hybridized carbons (Fsp3) is 0.417. The van der Waals surface area contributed by atoms with Gasteiger partial charge in [-0.15, -0.1) is 3.89 Å². The number of nitrogens with zero attached hydrogens (tertiary/aromatic N) is 1. The van der Waals surface area contributed by atoms with E-state index in [1.807, 2.05) is 0 Å². The molecule has 1 fully saturated rings. The Labute approximate surface area is 118 Å². The number of amides is 1. The Balaban J connectivity index is 2.38. The van der Waals surface area contributed by atoms with Crippen LogP contribution in [0, 0.1) is 0 Å². The molecular weight excluding hydrogens is 314 g/mol. The van der Waals surface area contributed by atoms with Crippen molar-refractivity contribution < 1.29 is 30.3 Å². The molecule has 0 spiro atoms. The minimum atomic E-state index is -5.06. The van der Waals surface area contributed by atoms with Gasteiger partial charge in [0, 0.05) is 13.0 Å². The molecule has 1 amide bonds. The average molecular weight is 325 g/mol. The molecule has 1 aromatic carbocycles. The van der Waals surface area contributed by atoms with Crippen LogP contribution in [0.1, 0.15) is 18.0 Å². The normalized spacial score (nSPS) is 21.6. The van der Waals surface area contributed by atoms with Crippen molar-refractivity contribution in [2.24, 2.45) is 0 Å². The van der Waals surface area contributed by atoms with Crippen molar-refractivity contribution >= 4 is 16.1 Å². The van der Waals surface area contributed by atoms with Crippen molar-refractivity contribution in [3.05, 3.63) is 35.9 Å². The summed E-state index contributed by atoms with van der Waals surface area (Å²) in [5, 5.41) is -1.75. The SMILES string of the molecule is O=C1CC(S(=O)(=O)F)CN1C(c1ccccc1)C(F)(F)F. The van der Waals surface area contributed by atoms with Crippen molar-refractivity contribution in [2.75, 3.05) is 6.54 Å². The van der Waals surface area contributed by atoms with Crippen LogP contribution in [0.4, 0.5) is 17.1 Å². The third-order valence-electron chi connectivity index (χ3n) is 3.26. The first-order valence-electron chi connectivity index (χ1n) is 5.95. The van der Waals surface area contributed by atoms with Crippen molar-refractivity contribution in [3.63, 3.8) is 0 Å². The fourth-order valence-electron chi connectivity index (χ4n) is 2.32. The van der Waals surface area contributed by atoms with Crippen LogP contribution in [0.15, 0.2) is 30.3 Å². The second-order valence-electron chi connectivity index (χ2n) is 4.70. The Morgan fingerprint density at radius 3 is 2.19 bits per heavy atom. The topological polar surface area (TPSA) is 54.5 Å². The number of halogens is 4. The van der Waals surface area contributed by atoms with Crippen LogP contribution in [0.25, 0.3) is 0 Å². The van der Waals surface area contributed by atoms with E-state index in [1.165, 1.54) is 30.3 Å². The highest BCUT2D eigenvalue weighted by atomic mass is 32.3. The third kappa shape index (κ3) is 3.34. The van der Waals surface area contributed by atoms with E-state index in [0.29, 0.717) is 4.90 Å². The molecule has 9 heteroatoms. The lowest BCUT2D eigenvalue weighted by molar-refractivity contribution is -0.188. The molecule has 4 nitrogen and oxygen atoms in total. The predicted octanol–water partition coefficient (Wildman–Crippen LogP) is 2.19. The van der Waals surface area contributed by atoms with Gasteiger partial charge in [0.15, 0.2) is 6.04 Å². The van der Waals surface area contributed by atoms with Crippen molar-refractivity contribution in [3.8, 4) is 0 Å². The second-order valence-corrected chi connectivity index (χ2v) is 6.32. The van der Waals surface area contributed by atoms with Gasteiger partial charge in [0.1, 0.15) is 5.25 Å². The van der Waals surface area contributed by atoms with E-state index < -0.39 is 46.6 Å². The van der Waals surface area contributed by atoms with Crippen LogP contribution in [0.2, 0.25) is 0 Å². The van der Waals surface area contributed by atoms with Gasteiger partial charge in [-0.1, -0.05) is 30.3 Å². The average Bonchev–Trinajstić information content (AvgIpc) is 2.71. The number of hydrogen-bond donors (Lipinski definition) is 0. The van der Waals surface area contributed by atoms with E-state index >= 15 is 0 Å². The molecular formula is C12H11F4NO3S. The summed E-state index contributed by atoms with van der Waals surface area (Å²) in [6.45, 7) is -0.809. The largest absolute Gasteiger partial charge is 0.413 e. The molecule has 21 heavy (non-hydrogen) atoms. The molecule has 0 N–H and O–H groups in total. The van der Waals surface area contributed by atoms with Crippen LogP contribution >= 0.6 is 0 Å². The van der Waals surface area contributed by atoms with E-state index in [-0.39, 0.29) is 5.56 Å². The third-order valence-corrected chi connectivity index (χ3v) is 4.37. The first-order valence-corrected chi connectivity index (χ1v) is 7.40. The number of alkyl halides is 3. The number of benzene rings is 1. The van der Waals surface area contributed by atoms with E-state index in [0.717, 1.165) is 0 Å². The molecule has 2 rings (SSSR count). The van der Waals surface area contributed by atoms with Crippen molar-refractivity contribution in [2.45, 2.75) is 23.9 Å². The summed E-state index contributed by atoms with van der Waals surface area (Å²) in [4.78, 5) is 12.1. The maximum absolute atomic E-state index is 13.2. The zero-order valence-corrected chi connectivity index (χ0v) is 11.4. The quantitative estimate of drug-likeness (QED) is 0.632. The van der Waals surface area contributed by atoms with E-state index in [1.54, 1.807) is 0 Å². The minimum absolute atomic E-state index is 0.199. The molecule has 1 aliphatic rings. The standard InChI is InChI=1S/C12H11F4NO3S/c13-12(14,15)11(8-4-2-1-3-5-8)17-7-9(6-10(17)18)21(16,19)20/h1-5,9,11H,6-7H2. The predicted molar refractivity (Wildman–Crippen MR) is 65.4 cm³/mol. The fourth-order valence-corrected chi connectivity index (χ4v) is 3.00. The first kappa shape index (κ1) is 15.7. The molecule has 1 aromatic rings. The summed E-state index contributed by atoms with van der Waals surface area (Å²) in [5.74, 6) is -1.03. The Hall–Kier alpha value is -1.64. The van der Waals surface area contributed by atoms with Gasteiger partial charge in [-0.3, -0.25) is 4.79 Å². The molecule has 0 bridgehead atoms. The number of rotatable bonds is 3. The van der Waals surface area contributed by atoms with Gasteiger partial charge in [-0.25, -0.2) is 0 Å². The Morgan fingerprint density at radius 2 is 1.76 bits per heavy atom. The van der Waals surface area contributed by atoms with Crippen LogP contribution in [-0.2, 0) is 15.0 Å². The molecule has 1 saturated heterocycles. The second kappa shape index (κ2) is 5.28. The molecule has 1 aliphatic heterocycles. The smallest absolute Gasteiger partial charge is 0.325 e. The molecule has 2 atom stereocenters. The number of likely N-dealkylation sites (tertiary alicyclic amines) is 1. The van der Waals surface area contributed by atoms with Gasteiger partial charge in [-0.05, 0) is 5.56 Å². The zero-order chi connectivity index (χ0) is 15.8. The monoisotopic (exact) mass is 325 g/mol. The number of hydrogen-bond acceptors (Lipinski definition) is 3. The number of carbonyl (C=O) groups excluding carboxylic acids is 1. The molecule has 116 valence electrons. The highest BCUT2D eigenvalue weighted by Gasteiger charge is 2.51. The van der Waals surface area contributed by atoms with Crippen LogP contribution in [0.5, 0.6) is 0 Å². The molecule has 0 radical (unpaired) electrons. The number of carbonyl (C=O) groups is 1. The van der Waals surface area contributed by atoms with Gasteiger partial charge >= 0.3 is 16.4 Å². The summed E-state index contributed by atoms with van der Waals surface area (Å²) in [6.07, 6.45) is -5.57. The lowest BCUT2D eigenvalue weighted by atomic mass is 10.1. The Morgan fingerprint density at radius 1 is 1.19 bits per heavy atom. The summed E-state index contributed by atoms with van der Waals surface area (Å²) in [6, 6.07) is 4.34. The maximum atomic E-state index is 13.2. The molecule has 1 heterocycles. The zero-order valence-electron chi connectivity index (χ0n) is 10.5. The van der Waals surface area contributed by atoms with E-state index in [4.69, 9.17) is 0 Å². The van der Waals surface area contributed by atoms with Gasteiger partial charge in [0.2, 0.25) is 5.91 Å². The highest BCUT2D eigenvalue weighted by molar-refractivity contribution is 7.87. The van der Waals surface area contributed by atoms with Crippen LogP contribution in [-0.4, -0.2) is 37.2 Å². The van der Waals surface area contributed by atoms with Gasteiger partial charge in [0.25, 0.3) is 0 Å². The van der Waals surface area contributed by atoms with Crippen LogP contribution in [0.3, 0.4) is 0 Å². The lowest BCUT2D eigenvalue weighted by Crippen LogP contribution is -2.40. The Kier molecular flexibility index (Phi) is 3.96. The summed E-state index contributed by atoms with van der Waals surface area (Å²) in [5.41, 5.74) is -0.199. The molecule has 0 aromatic heterocycles. The van der Waals surface area contributed by atoms with Crippen molar-refractivity contribution in [1.82, 2.24) is 4.90 Å². The highest BCUT2D eigenvalue weighted by Crippen LogP contribution is 2.40. The van der Waals surface area contributed by atoms with Gasteiger partial charge in [0.05, 0.1) is 0 Å². The molecule has 2 unspecified atom stereocenters. The summed E-state index contributed by atoms with van der Waals surface area (Å²) in [7, 11) is -5.06. The lowest BCUT2D eigenvalue weighted by Gasteiger charge is -2.30. The summed E-state index contributed by atoms with van der Waals surface area (Å²) < 4.78 is 74.2. The summed E-state index contributed by atoms with van der Waals surface area (Å²) >= 11 is 0. The van der Waals surface area contributed by atoms with E-state index in [9.17, 15) is 30.3 Å². The van der Waals surface area contributed by atoms with Crippen molar-refractivity contribution in [1.29, 1.82) is 0 Å². The minimum Gasteiger partial charge on any atom is -0.325 e. The molecule has 0 aliphatic carbocycles. The van der Waals surface area contributed by atoms with Gasteiger partial charge < -0.3 is 4.90 Å². The van der Waals surface area contributed by atoms with E-state index in [2.05, 4.69) is 0 Å². The Bertz CT molecular complexity index is 630. The van der Waals surface area contributed by atoms with Crippen LogP contribution < -0.4 is 0 Å². The first-order chi connectivity index (χ1) is 9.60. The maximum Gasteiger partial charge on any atom is 0.413 e. The van der Waals surface area contributed by atoms with Gasteiger partial charge in [-0.2, -0.15) is 21.6 Å². The molecule has 0 saturated carbocycles.